The van der Waals surface area contributed by atoms with Gasteiger partial charge < -0.3 is 5.32 Å². The highest BCUT2D eigenvalue weighted by atomic mass is 35.5. The summed E-state index contributed by atoms with van der Waals surface area (Å²) >= 11 is 6.11. The summed E-state index contributed by atoms with van der Waals surface area (Å²) in [7, 11) is 0. The second kappa shape index (κ2) is 6.63. The van der Waals surface area contributed by atoms with E-state index >= 15 is 0 Å². The highest BCUT2D eigenvalue weighted by Crippen LogP contribution is 2.36. The van der Waals surface area contributed by atoms with E-state index in [4.69, 9.17) is 11.6 Å². The van der Waals surface area contributed by atoms with Crippen molar-refractivity contribution in [1.82, 2.24) is 5.32 Å². The Kier molecular flexibility index (Phi) is 5.78. The molecule has 1 rings (SSSR count). The first-order valence-corrected chi connectivity index (χ1v) is 7.38. The third kappa shape index (κ3) is 4.17. The highest BCUT2D eigenvalue weighted by molar-refractivity contribution is 6.18. The van der Waals surface area contributed by atoms with E-state index in [1.54, 1.807) is 0 Å². The molecule has 1 amide bonds. The molecule has 0 heterocycles. The van der Waals surface area contributed by atoms with Crippen LogP contribution >= 0.6 is 11.6 Å². The third-order valence-electron chi connectivity index (χ3n) is 4.25. The van der Waals surface area contributed by atoms with E-state index in [0.717, 1.165) is 19.4 Å². The fourth-order valence-electron chi connectivity index (χ4n) is 2.40. The lowest BCUT2D eigenvalue weighted by atomic mass is 9.75. The van der Waals surface area contributed by atoms with Crippen LogP contribution in [0.25, 0.3) is 0 Å². The summed E-state index contributed by atoms with van der Waals surface area (Å²) < 4.78 is 0. The fourth-order valence-corrected chi connectivity index (χ4v) is 2.76. The second-order valence-electron chi connectivity index (χ2n) is 5.94. The highest BCUT2D eigenvalue weighted by Gasteiger charge is 2.32. The molecule has 0 aromatic rings. The molecule has 1 aliphatic carbocycles. The van der Waals surface area contributed by atoms with E-state index < -0.39 is 0 Å². The van der Waals surface area contributed by atoms with Gasteiger partial charge in [0.25, 0.3) is 0 Å². The molecule has 1 N–H and O–H groups in total. The topological polar surface area (TPSA) is 29.1 Å². The molecule has 0 aromatic heterocycles. The third-order valence-corrected chi connectivity index (χ3v) is 4.82. The Labute approximate surface area is 110 Å². The monoisotopic (exact) mass is 259 g/mol. The minimum absolute atomic E-state index is 0.0889. The Morgan fingerprint density at radius 3 is 2.29 bits per heavy atom. The molecule has 1 fully saturated rings. The van der Waals surface area contributed by atoms with Crippen LogP contribution in [0.15, 0.2) is 0 Å². The van der Waals surface area contributed by atoms with Gasteiger partial charge in [0.1, 0.15) is 0 Å². The van der Waals surface area contributed by atoms with Gasteiger partial charge in [-0.25, -0.2) is 0 Å². The largest absolute Gasteiger partial charge is 0.355 e. The SMILES string of the molecule is CC(C)C(C)C(=O)NCC1(CCl)CCCCC1. The molecular weight excluding hydrogens is 234 g/mol. The number of rotatable bonds is 5. The maximum atomic E-state index is 11.9. The molecule has 3 heteroatoms. The number of halogens is 1. The van der Waals surface area contributed by atoms with Gasteiger partial charge in [0.2, 0.25) is 5.91 Å². The molecule has 0 saturated heterocycles. The van der Waals surface area contributed by atoms with Crippen LogP contribution in [0.2, 0.25) is 0 Å². The van der Waals surface area contributed by atoms with Crippen LogP contribution in [0.4, 0.5) is 0 Å². The summed E-state index contributed by atoms with van der Waals surface area (Å²) in [4.78, 5) is 11.9. The Morgan fingerprint density at radius 1 is 1.24 bits per heavy atom. The molecule has 1 unspecified atom stereocenters. The predicted molar refractivity (Wildman–Crippen MR) is 73.2 cm³/mol. The average molecular weight is 260 g/mol. The van der Waals surface area contributed by atoms with Crippen LogP contribution in [-0.4, -0.2) is 18.3 Å². The quantitative estimate of drug-likeness (QED) is 0.752. The van der Waals surface area contributed by atoms with Gasteiger partial charge in [-0.2, -0.15) is 0 Å². The van der Waals surface area contributed by atoms with E-state index in [1.807, 2.05) is 6.92 Å². The average Bonchev–Trinajstić information content (AvgIpc) is 2.36. The number of hydrogen-bond acceptors (Lipinski definition) is 1. The van der Waals surface area contributed by atoms with E-state index in [-0.39, 0.29) is 17.2 Å². The summed E-state index contributed by atoms with van der Waals surface area (Å²) in [5, 5.41) is 3.10. The van der Waals surface area contributed by atoms with Crippen molar-refractivity contribution >= 4 is 17.5 Å². The minimum Gasteiger partial charge on any atom is -0.355 e. The van der Waals surface area contributed by atoms with Gasteiger partial charge >= 0.3 is 0 Å². The van der Waals surface area contributed by atoms with Crippen LogP contribution in [-0.2, 0) is 4.79 Å². The van der Waals surface area contributed by atoms with Gasteiger partial charge in [-0.05, 0) is 18.8 Å². The Balaban J connectivity index is 2.44. The zero-order valence-corrected chi connectivity index (χ0v) is 12.1. The van der Waals surface area contributed by atoms with Crippen molar-refractivity contribution in [2.24, 2.45) is 17.3 Å². The van der Waals surface area contributed by atoms with E-state index in [1.165, 1.54) is 19.3 Å². The lowest BCUT2D eigenvalue weighted by molar-refractivity contribution is -0.126. The van der Waals surface area contributed by atoms with Gasteiger partial charge in [-0.15, -0.1) is 11.6 Å². The van der Waals surface area contributed by atoms with Crippen molar-refractivity contribution in [3.8, 4) is 0 Å². The molecule has 17 heavy (non-hydrogen) atoms. The minimum atomic E-state index is 0.0889. The molecule has 1 aliphatic rings. The van der Waals surface area contributed by atoms with E-state index in [9.17, 15) is 4.79 Å². The molecule has 100 valence electrons. The summed E-state index contributed by atoms with van der Waals surface area (Å²) in [6.07, 6.45) is 6.14. The van der Waals surface area contributed by atoms with Crippen LogP contribution in [0, 0.1) is 17.3 Å². The van der Waals surface area contributed by atoms with E-state index in [0.29, 0.717) is 11.8 Å². The maximum Gasteiger partial charge on any atom is 0.223 e. The zero-order valence-electron chi connectivity index (χ0n) is 11.4. The van der Waals surface area contributed by atoms with E-state index in [2.05, 4.69) is 19.2 Å². The Bertz CT molecular complexity index is 247. The lowest BCUT2D eigenvalue weighted by Crippen LogP contribution is -2.42. The maximum absolute atomic E-state index is 11.9. The summed E-state index contributed by atoms with van der Waals surface area (Å²) in [5.74, 6) is 1.33. The van der Waals surface area contributed by atoms with Crippen molar-refractivity contribution in [2.75, 3.05) is 12.4 Å². The first kappa shape index (κ1) is 14.8. The van der Waals surface area contributed by atoms with Crippen molar-refractivity contribution in [3.05, 3.63) is 0 Å². The summed E-state index contributed by atoms with van der Waals surface area (Å²) in [6, 6.07) is 0. The van der Waals surface area contributed by atoms with Crippen LogP contribution in [0.3, 0.4) is 0 Å². The number of carbonyl (C=O) groups is 1. The van der Waals surface area contributed by atoms with Crippen molar-refractivity contribution in [1.29, 1.82) is 0 Å². The number of hydrogen-bond donors (Lipinski definition) is 1. The molecule has 0 radical (unpaired) electrons. The van der Waals surface area contributed by atoms with Gasteiger partial charge in [0.15, 0.2) is 0 Å². The molecule has 1 saturated carbocycles. The van der Waals surface area contributed by atoms with Crippen LogP contribution < -0.4 is 5.32 Å². The number of nitrogens with one attached hydrogen (secondary N) is 1. The molecule has 0 spiro atoms. The van der Waals surface area contributed by atoms with Crippen LogP contribution in [0.5, 0.6) is 0 Å². The first-order valence-electron chi connectivity index (χ1n) is 6.84. The predicted octanol–water partition coefficient (Wildman–Crippen LogP) is 3.58. The van der Waals surface area contributed by atoms with Gasteiger partial charge in [-0.3, -0.25) is 4.79 Å². The number of alkyl halides is 1. The smallest absolute Gasteiger partial charge is 0.223 e. The van der Waals surface area contributed by atoms with Crippen LogP contribution in [0.1, 0.15) is 52.9 Å². The first-order chi connectivity index (χ1) is 8.01. The Morgan fingerprint density at radius 2 is 1.82 bits per heavy atom. The van der Waals surface area contributed by atoms with Gasteiger partial charge in [-0.1, -0.05) is 40.0 Å². The van der Waals surface area contributed by atoms with Crippen molar-refractivity contribution in [3.63, 3.8) is 0 Å². The molecule has 0 aliphatic heterocycles. The number of carbonyl (C=O) groups excluding carboxylic acids is 1. The van der Waals surface area contributed by atoms with Gasteiger partial charge in [0, 0.05) is 23.8 Å². The zero-order chi connectivity index (χ0) is 12.9. The number of amides is 1. The molecular formula is C14H26ClNO. The summed E-state index contributed by atoms with van der Waals surface area (Å²) in [6.45, 7) is 6.92. The normalized spacial score (nSPS) is 21.2. The standard InChI is InChI=1S/C14H26ClNO/c1-11(2)12(3)13(17)16-10-14(9-15)7-5-4-6-8-14/h11-12H,4-10H2,1-3H3,(H,16,17). The lowest BCUT2D eigenvalue weighted by Gasteiger charge is -2.36. The summed E-state index contributed by atoms with van der Waals surface area (Å²) in [5.41, 5.74) is 0.159. The van der Waals surface area contributed by atoms with Crippen molar-refractivity contribution < 1.29 is 4.79 Å². The molecule has 1 atom stereocenters. The molecule has 0 bridgehead atoms. The second-order valence-corrected chi connectivity index (χ2v) is 6.21. The van der Waals surface area contributed by atoms with Crippen molar-refractivity contribution in [2.45, 2.75) is 52.9 Å². The fraction of sp³-hybridized carbons (Fsp3) is 0.929. The molecule has 2 nitrogen and oxygen atoms in total. The van der Waals surface area contributed by atoms with Gasteiger partial charge in [0.05, 0.1) is 0 Å². The molecule has 0 aromatic carbocycles. The Hall–Kier alpha value is -0.240.